The van der Waals surface area contributed by atoms with E-state index in [0.29, 0.717) is 17.8 Å². The van der Waals surface area contributed by atoms with Crippen LogP contribution in [0.25, 0.3) is 10.9 Å². The summed E-state index contributed by atoms with van der Waals surface area (Å²) in [5, 5.41) is 9.84. The lowest BCUT2D eigenvalue weighted by molar-refractivity contribution is -0.137. The highest BCUT2D eigenvalue weighted by Gasteiger charge is 2.29. The molecule has 4 rings (SSSR count). The van der Waals surface area contributed by atoms with Crippen LogP contribution in [0.4, 0.5) is 0 Å². The Bertz CT molecular complexity index is 991. The van der Waals surface area contributed by atoms with Gasteiger partial charge in [0.25, 0.3) is 5.56 Å². The molecule has 0 saturated heterocycles. The van der Waals surface area contributed by atoms with Crippen molar-refractivity contribution < 1.29 is 9.90 Å². The number of aromatic nitrogens is 2. The molecule has 1 aromatic heterocycles. The Morgan fingerprint density at radius 1 is 1.17 bits per heavy atom. The summed E-state index contributed by atoms with van der Waals surface area (Å²) in [6.45, 7) is 0.593. The Hall–Kier alpha value is -2.95. The first kappa shape index (κ1) is 13.7. The van der Waals surface area contributed by atoms with E-state index in [0.717, 1.165) is 16.6 Å². The lowest BCUT2D eigenvalue weighted by Gasteiger charge is -2.29. The van der Waals surface area contributed by atoms with Gasteiger partial charge in [0.15, 0.2) is 0 Å². The fourth-order valence-electron chi connectivity index (χ4n) is 3.37. The molecule has 5 heteroatoms. The van der Waals surface area contributed by atoms with Crippen LogP contribution in [-0.2, 0) is 11.3 Å². The van der Waals surface area contributed by atoms with Gasteiger partial charge >= 0.3 is 5.97 Å². The number of carboxylic acids is 1. The highest BCUT2D eigenvalue weighted by molar-refractivity contribution is 5.79. The van der Waals surface area contributed by atoms with Crippen LogP contribution in [0.2, 0.25) is 0 Å². The second-order valence-corrected chi connectivity index (χ2v) is 5.73. The number of aliphatic carboxylic acids is 1. The third-order valence-electron chi connectivity index (χ3n) is 4.37. The summed E-state index contributed by atoms with van der Waals surface area (Å²) < 4.78 is 1.96. The highest BCUT2D eigenvalue weighted by atomic mass is 16.4. The summed E-state index contributed by atoms with van der Waals surface area (Å²) in [6.07, 6.45) is -0.0816. The average Bonchev–Trinajstić information content (AvgIpc) is 2.56. The van der Waals surface area contributed by atoms with E-state index in [1.165, 1.54) is 0 Å². The zero-order chi connectivity index (χ0) is 16.0. The maximum atomic E-state index is 12.3. The molecule has 1 unspecified atom stereocenters. The summed E-state index contributed by atoms with van der Waals surface area (Å²) in [6, 6.07) is 15.1. The topological polar surface area (TPSA) is 72.2 Å². The molecule has 1 N–H and O–H groups in total. The van der Waals surface area contributed by atoms with Crippen molar-refractivity contribution in [1.29, 1.82) is 0 Å². The molecule has 114 valence electrons. The number of hydrogen-bond acceptors (Lipinski definition) is 3. The van der Waals surface area contributed by atoms with E-state index in [2.05, 4.69) is 4.98 Å². The summed E-state index contributed by atoms with van der Waals surface area (Å²) in [4.78, 5) is 27.9. The zero-order valence-corrected chi connectivity index (χ0v) is 12.3. The molecule has 0 saturated carbocycles. The number of carboxylic acid groups (broad SMARTS) is 1. The molecule has 1 atom stereocenters. The quantitative estimate of drug-likeness (QED) is 0.789. The molecule has 0 radical (unpaired) electrons. The van der Waals surface area contributed by atoms with Crippen LogP contribution in [-0.4, -0.2) is 20.6 Å². The van der Waals surface area contributed by atoms with Crippen molar-refractivity contribution in [3.63, 3.8) is 0 Å². The van der Waals surface area contributed by atoms with Crippen molar-refractivity contribution in [2.24, 2.45) is 0 Å². The zero-order valence-electron chi connectivity index (χ0n) is 12.3. The summed E-state index contributed by atoms with van der Waals surface area (Å²) in [5.41, 5.74) is 2.51. The van der Waals surface area contributed by atoms with Gasteiger partial charge in [-0.3, -0.25) is 9.59 Å². The number of para-hydroxylation sites is 1. The molecule has 0 amide bonds. The second kappa shape index (κ2) is 5.05. The summed E-state index contributed by atoms with van der Waals surface area (Å²) in [7, 11) is 0. The van der Waals surface area contributed by atoms with Gasteiger partial charge in [-0.2, -0.15) is 4.98 Å². The van der Waals surface area contributed by atoms with Crippen LogP contribution in [0.5, 0.6) is 0 Å². The lowest BCUT2D eigenvalue weighted by Crippen LogP contribution is -2.28. The lowest BCUT2D eigenvalue weighted by atomic mass is 9.87. The molecule has 0 spiro atoms. The van der Waals surface area contributed by atoms with Crippen molar-refractivity contribution in [3.8, 4) is 0 Å². The first-order valence-corrected chi connectivity index (χ1v) is 7.44. The predicted molar refractivity (Wildman–Crippen MR) is 85.6 cm³/mol. The van der Waals surface area contributed by atoms with Crippen molar-refractivity contribution >= 4 is 16.9 Å². The van der Waals surface area contributed by atoms with E-state index in [1.54, 1.807) is 6.07 Å². The molecule has 1 aliphatic rings. The normalized spacial score (nSPS) is 15.9. The van der Waals surface area contributed by atoms with Gasteiger partial charge in [0.2, 0.25) is 0 Å². The van der Waals surface area contributed by atoms with Crippen LogP contribution in [0.3, 0.4) is 0 Å². The molecule has 0 aliphatic carbocycles. The number of benzene rings is 2. The SMILES string of the molecule is O=C(O)CC1c2ccccc2Cn2c1nc(=O)c1ccccc12. The van der Waals surface area contributed by atoms with Crippen molar-refractivity contribution in [1.82, 2.24) is 9.55 Å². The van der Waals surface area contributed by atoms with Crippen LogP contribution in [0.1, 0.15) is 29.3 Å². The van der Waals surface area contributed by atoms with Gasteiger partial charge in [0.1, 0.15) is 5.82 Å². The first-order chi connectivity index (χ1) is 11.1. The standard InChI is InChI=1S/C18H14N2O3/c21-16(22)9-14-12-6-2-1-5-11(12)10-20-15-8-4-3-7-13(15)18(23)19-17(14)20/h1-8,14H,9-10H2,(H,21,22). The summed E-state index contributed by atoms with van der Waals surface area (Å²) in [5.74, 6) is -0.773. The minimum atomic E-state index is -0.902. The first-order valence-electron chi connectivity index (χ1n) is 7.44. The van der Waals surface area contributed by atoms with E-state index in [1.807, 2.05) is 47.0 Å². The van der Waals surface area contributed by atoms with E-state index in [4.69, 9.17) is 0 Å². The predicted octanol–water partition coefficient (Wildman–Crippen LogP) is 2.36. The number of rotatable bonds is 2. The van der Waals surface area contributed by atoms with Crippen LogP contribution in [0.15, 0.2) is 53.3 Å². The monoisotopic (exact) mass is 306 g/mol. The Labute approximate surface area is 131 Å². The molecule has 2 aromatic carbocycles. The molecular weight excluding hydrogens is 292 g/mol. The van der Waals surface area contributed by atoms with Gasteiger partial charge in [0, 0.05) is 6.54 Å². The maximum Gasteiger partial charge on any atom is 0.304 e. The molecule has 23 heavy (non-hydrogen) atoms. The molecule has 5 nitrogen and oxygen atoms in total. The molecule has 1 aliphatic heterocycles. The van der Waals surface area contributed by atoms with E-state index < -0.39 is 11.9 Å². The third-order valence-corrected chi connectivity index (χ3v) is 4.37. The van der Waals surface area contributed by atoms with E-state index in [9.17, 15) is 14.7 Å². The second-order valence-electron chi connectivity index (χ2n) is 5.73. The Morgan fingerprint density at radius 3 is 2.74 bits per heavy atom. The van der Waals surface area contributed by atoms with Gasteiger partial charge in [-0.25, -0.2) is 0 Å². The van der Waals surface area contributed by atoms with Crippen molar-refractivity contribution in [2.75, 3.05) is 0 Å². The fourth-order valence-corrected chi connectivity index (χ4v) is 3.37. The summed E-state index contributed by atoms with van der Waals surface area (Å²) >= 11 is 0. The number of fused-ring (bicyclic) bond motifs is 4. The largest absolute Gasteiger partial charge is 0.481 e. The van der Waals surface area contributed by atoms with E-state index in [-0.39, 0.29) is 12.0 Å². The maximum absolute atomic E-state index is 12.3. The minimum absolute atomic E-state index is 0.0816. The number of carbonyl (C=O) groups is 1. The third kappa shape index (κ3) is 2.12. The number of hydrogen-bond donors (Lipinski definition) is 1. The van der Waals surface area contributed by atoms with Gasteiger partial charge in [-0.05, 0) is 23.3 Å². The minimum Gasteiger partial charge on any atom is -0.481 e. The Balaban J connectivity index is 2.04. The highest BCUT2D eigenvalue weighted by Crippen LogP contribution is 2.35. The smallest absolute Gasteiger partial charge is 0.304 e. The van der Waals surface area contributed by atoms with Crippen LogP contribution < -0.4 is 5.56 Å². The molecular formula is C18H14N2O3. The van der Waals surface area contributed by atoms with Gasteiger partial charge < -0.3 is 9.67 Å². The van der Waals surface area contributed by atoms with Crippen molar-refractivity contribution in [2.45, 2.75) is 18.9 Å². The number of nitrogens with zero attached hydrogens (tertiary/aromatic N) is 2. The molecule has 0 bridgehead atoms. The van der Waals surface area contributed by atoms with Gasteiger partial charge in [0.05, 0.1) is 23.2 Å². The fraction of sp³-hybridized carbons (Fsp3) is 0.167. The van der Waals surface area contributed by atoms with Crippen LogP contribution in [0, 0.1) is 0 Å². The van der Waals surface area contributed by atoms with E-state index >= 15 is 0 Å². The molecule has 0 fully saturated rings. The molecule has 3 aromatic rings. The van der Waals surface area contributed by atoms with Gasteiger partial charge in [-0.1, -0.05) is 36.4 Å². The Kier molecular flexibility index (Phi) is 3.01. The molecule has 2 heterocycles. The van der Waals surface area contributed by atoms with Crippen LogP contribution >= 0.6 is 0 Å². The Morgan fingerprint density at radius 2 is 1.91 bits per heavy atom. The van der Waals surface area contributed by atoms with Crippen molar-refractivity contribution in [3.05, 3.63) is 75.8 Å². The van der Waals surface area contributed by atoms with Gasteiger partial charge in [-0.15, -0.1) is 0 Å². The average molecular weight is 306 g/mol.